The number of carbonyl (C=O) groups excluding carboxylic acids is 1. The van der Waals surface area contributed by atoms with Crippen LogP contribution in [0.25, 0.3) is 10.9 Å². The summed E-state index contributed by atoms with van der Waals surface area (Å²) in [6, 6.07) is 13.5. The molecule has 3 rings (SSSR count). The molecule has 5 heteroatoms. The van der Waals surface area contributed by atoms with E-state index in [0.717, 1.165) is 22.0 Å². The molecular formula is C17H17N3O2. The SMILES string of the molecule is COCc1ccc(CNC(=O)c2cccc3cn[nH]c23)cc1. The van der Waals surface area contributed by atoms with Gasteiger partial charge in [-0.3, -0.25) is 9.89 Å². The predicted molar refractivity (Wildman–Crippen MR) is 84.4 cm³/mol. The topological polar surface area (TPSA) is 67.0 Å². The molecule has 0 fully saturated rings. The predicted octanol–water partition coefficient (Wildman–Crippen LogP) is 2.64. The molecule has 0 unspecified atom stereocenters. The van der Waals surface area contributed by atoms with Gasteiger partial charge in [0.05, 0.1) is 23.9 Å². The van der Waals surface area contributed by atoms with Crippen molar-refractivity contribution in [2.75, 3.05) is 7.11 Å². The molecule has 0 radical (unpaired) electrons. The van der Waals surface area contributed by atoms with Gasteiger partial charge in [0.2, 0.25) is 0 Å². The Balaban J connectivity index is 1.68. The second-order valence-electron chi connectivity index (χ2n) is 5.07. The van der Waals surface area contributed by atoms with Gasteiger partial charge in [0.25, 0.3) is 5.91 Å². The number of hydrogen-bond acceptors (Lipinski definition) is 3. The minimum Gasteiger partial charge on any atom is -0.380 e. The maximum atomic E-state index is 12.3. The fourth-order valence-corrected chi connectivity index (χ4v) is 2.36. The third-order valence-electron chi connectivity index (χ3n) is 3.51. The molecule has 5 nitrogen and oxygen atoms in total. The molecule has 0 aliphatic heterocycles. The van der Waals surface area contributed by atoms with Gasteiger partial charge in [-0.15, -0.1) is 0 Å². The largest absolute Gasteiger partial charge is 0.380 e. The number of carbonyl (C=O) groups is 1. The summed E-state index contributed by atoms with van der Waals surface area (Å²) in [6.07, 6.45) is 1.71. The van der Waals surface area contributed by atoms with Crippen molar-refractivity contribution >= 4 is 16.8 Å². The number of aromatic amines is 1. The average Bonchev–Trinajstić information content (AvgIpc) is 3.02. The summed E-state index contributed by atoms with van der Waals surface area (Å²) >= 11 is 0. The Bertz CT molecular complexity index is 778. The zero-order valence-electron chi connectivity index (χ0n) is 12.3. The van der Waals surface area contributed by atoms with E-state index < -0.39 is 0 Å². The molecule has 1 heterocycles. The number of hydrogen-bond donors (Lipinski definition) is 2. The fraction of sp³-hybridized carbons (Fsp3) is 0.176. The first-order valence-electron chi connectivity index (χ1n) is 7.05. The molecule has 1 aromatic heterocycles. The molecule has 0 aliphatic carbocycles. The molecule has 1 amide bonds. The summed E-state index contributed by atoms with van der Waals surface area (Å²) in [7, 11) is 1.67. The Kier molecular flexibility index (Phi) is 4.16. The van der Waals surface area contributed by atoms with E-state index >= 15 is 0 Å². The number of amides is 1. The minimum absolute atomic E-state index is 0.115. The number of H-pyrrole nitrogens is 1. The van der Waals surface area contributed by atoms with Crippen molar-refractivity contribution in [1.82, 2.24) is 15.5 Å². The first kappa shape index (κ1) is 14.3. The normalized spacial score (nSPS) is 10.8. The molecule has 112 valence electrons. The Morgan fingerprint density at radius 3 is 2.73 bits per heavy atom. The first-order chi connectivity index (χ1) is 10.8. The third kappa shape index (κ3) is 2.99. The van der Waals surface area contributed by atoms with Gasteiger partial charge < -0.3 is 10.1 Å². The average molecular weight is 295 g/mol. The Morgan fingerprint density at radius 2 is 1.95 bits per heavy atom. The lowest BCUT2D eigenvalue weighted by Crippen LogP contribution is -2.23. The van der Waals surface area contributed by atoms with Crippen LogP contribution in [0.1, 0.15) is 21.5 Å². The van der Waals surface area contributed by atoms with Crippen LogP contribution in [-0.4, -0.2) is 23.2 Å². The van der Waals surface area contributed by atoms with Crippen LogP contribution in [0.4, 0.5) is 0 Å². The lowest BCUT2D eigenvalue weighted by atomic mass is 10.1. The maximum absolute atomic E-state index is 12.3. The Morgan fingerprint density at radius 1 is 1.18 bits per heavy atom. The van der Waals surface area contributed by atoms with E-state index in [1.54, 1.807) is 19.4 Å². The number of methoxy groups -OCH3 is 1. The summed E-state index contributed by atoms with van der Waals surface area (Å²) in [4.78, 5) is 12.3. The molecular weight excluding hydrogens is 278 g/mol. The van der Waals surface area contributed by atoms with Crippen LogP contribution in [0.15, 0.2) is 48.7 Å². The fourth-order valence-electron chi connectivity index (χ4n) is 2.36. The van der Waals surface area contributed by atoms with Crippen molar-refractivity contribution in [3.8, 4) is 0 Å². The number of benzene rings is 2. The highest BCUT2D eigenvalue weighted by Gasteiger charge is 2.10. The Hall–Kier alpha value is -2.66. The highest BCUT2D eigenvalue weighted by atomic mass is 16.5. The molecule has 0 aliphatic rings. The van der Waals surface area contributed by atoms with Crippen molar-refractivity contribution in [1.29, 1.82) is 0 Å². The molecule has 22 heavy (non-hydrogen) atoms. The van der Waals surface area contributed by atoms with Gasteiger partial charge in [-0.2, -0.15) is 5.10 Å². The van der Waals surface area contributed by atoms with Gasteiger partial charge in [-0.25, -0.2) is 0 Å². The van der Waals surface area contributed by atoms with Crippen molar-refractivity contribution in [3.63, 3.8) is 0 Å². The van der Waals surface area contributed by atoms with E-state index in [1.807, 2.05) is 36.4 Å². The summed E-state index contributed by atoms with van der Waals surface area (Å²) in [5.41, 5.74) is 3.52. The maximum Gasteiger partial charge on any atom is 0.253 e. The summed E-state index contributed by atoms with van der Waals surface area (Å²) < 4.78 is 5.08. The lowest BCUT2D eigenvalue weighted by Gasteiger charge is -2.07. The number of nitrogens with one attached hydrogen (secondary N) is 2. The minimum atomic E-state index is -0.115. The van der Waals surface area contributed by atoms with Crippen LogP contribution in [-0.2, 0) is 17.9 Å². The second kappa shape index (κ2) is 6.41. The molecule has 2 aromatic carbocycles. The number of para-hydroxylation sites is 1. The number of fused-ring (bicyclic) bond motifs is 1. The number of nitrogens with zero attached hydrogens (tertiary/aromatic N) is 1. The van der Waals surface area contributed by atoms with Crippen molar-refractivity contribution < 1.29 is 9.53 Å². The highest BCUT2D eigenvalue weighted by Crippen LogP contribution is 2.15. The van der Waals surface area contributed by atoms with Crippen molar-refractivity contribution in [2.24, 2.45) is 0 Å². The van der Waals surface area contributed by atoms with Crippen LogP contribution in [0.5, 0.6) is 0 Å². The number of rotatable bonds is 5. The van der Waals surface area contributed by atoms with E-state index in [9.17, 15) is 4.79 Å². The van der Waals surface area contributed by atoms with E-state index in [-0.39, 0.29) is 5.91 Å². The molecule has 0 saturated heterocycles. The van der Waals surface area contributed by atoms with Gasteiger partial charge in [0.15, 0.2) is 0 Å². The molecule has 0 saturated carbocycles. The molecule has 0 atom stereocenters. The van der Waals surface area contributed by atoms with Crippen molar-refractivity contribution in [3.05, 3.63) is 65.4 Å². The van der Waals surface area contributed by atoms with Gasteiger partial charge >= 0.3 is 0 Å². The van der Waals surface area contributed by atoms with Crippen LogP contribution in [0.2, 0.25) is 0 Å². The molecule has 0 bridgehead atoms. The van der Waals surface area contributed by atoms with E-state index in [2.05, 4.69) is 15.5 Å². The summed E-state index contributed by atoms with van der Waals surface area (Å²) in [5.74, 6) is -0.115. The number of aromatic nitrogens is 2. The molecule has 2 N–H and O–H groups in total. The quantitative estimate of drug-likeness (QED) is 0.760. The second-order valence-corrected chi connectivity index (χ2v) is 5.07. The summed E-state index contributed by atoms with van der Waals surface area (Å²) in [6.45, 7) is 1.07. The van der Waals surface area contributed by atoms with Crippen molar-refractivity contribution in [2.45, 2.75) is 13.2 Å². The standard InChI is InChI=1S/C17H17N3O2/c1-22-11-13-7-5-12(6-8-13)9-18-17(21)15-4-2-3-14-10-19-20-16(14)15/h2-8,10H,9,11H2,1H3,(H,18,21)(H,19,20). The van der Waals surface area contributed by atoms with Crippen LogP contribution < -0.4 is 5.32 Å². The van der Waals surface area contributed by atoms with Gasteiger partial charge in [-0.1, -0.05) is 36.4 Å². The first-order valence-corrected chi connectivity index (χ1v) is 7.05. The third-order valence-corrected chi connectivity index (χ3v) is 3.51. The van der Waals surface area contributed by atoms with Crippen LogP contribution in [0.3, 0.4) is 0 Å². The summed E-state index contributed by atoms with van der Waals surface area (Å²) in [5, 5.41) is 10.7. The van der Waals surface area contributed by atoms with Gasteiger partial charge in [0, 0.05) is 19.0 Å². The zero-order valence-corrected chi connectivity index (χ0v) is 12.3. The van der Waals surface area contributed by atoms with E-state index in [4.69, 9.17) is 4.74 Å². The van der Waals surface area contributed by atoms with Crippen LogP contribution in [0, 0.1) is 0 Å². The highest BCUT2D eigenvalue weighted by molar-refractivity contribution is 6.05. The molecule has 0 spiro atoms. The Labute approximate surface area is 128 Å². The molecule has 3 aromatic rings. The monoisotopic (exact) mass is 295 g/mol. The van der Waals surface area contributed by atoms with E-state index in [1.165, 1.54) is 0 Å². The van der Waals surface area contributed by atoms with Gasteiger partial charge in [-0.05, 0) is 17.2 Å². The lowest BCUT2D eigenvalue weighted by molar-refractivity contribution is 0.0952. The zero-order chi connectivity index (χ0) is 15.4. The van der Waals surface area contributed by atoms with Crippen LogP contribution >= 0.6 is 0 Å². The van der Waals surface area contributed by atoms with E-state index in [0.29, 0.717) is 18.7 Å². The number of ether oxygens (including phenoxy) is 1. The van der Waals surface area contributed by atoms with Gasteiger partial charge in [0.1, 0.15) is 0 Å². The smallest absolute Gasteiger partial charge is 0.253 e.